The van der Waals surface area contributed by atoms with Crippen LogP contribution in [0.15, 0.2) is 53.6 Å². The molecule has 0 atom stereocenters. The number of aryl methyl sites for hydroxylation is 1. The third-order valence-corrected chi connectivity index (χ3v) is 4.31. The first-order chi connectivity index (χ1) is 14.5. The van der Waals surface area contributed by atoms with Crippen LogP contribution in [0, 0.1) is 11.6 Å². The lowest BCUT2D eigenvalue weighted by Crippen LogP contribution is -2.23. The molecule has 0 spiro atoms. The zero-order valence-corrected chi connectivity index (χ0v) is 15.8. The minimum absolute atomic E-state index is 0.0886. The third kappa shape index (κ3) is 4.07. The van der Waals surface area contributed by atoms with Crippen molar-refractivity contribution in [1.29, 1.82) is 0 Å². The number of hydrogen-bond acceptors (Lipinski definition) is 6. The standard InChI is InChI=1S/C20H16F2N6O2/c1-2-17-26-20(30-27-17)13-4-6-18(23-9-13)28-10-16(25-11-28)19(29)24-8-12-3-5-14(21)7-15(12)22/h3-7,9-11H,2,8H2,1H3,(H,24,29). The Morgan fingerprint density at radius 2 is 2.07 bits per heavy atom. The molecule has 4 rings (SSSR count). The summed E-state index contributed by atoms with van der Waals surface area (Å²) in [6, 6.07) is 6.67. The number of amides is 1. The van der Waals surface area contributed by atoms with Crippen LogP contribution in [0.4, 0.5) is 8.78 Å². The quantitative estimate of drug-likeness (QED) is 0.525. The Labute approximate surface area is 169 Å². The van der Waals surface area contributed by atoms with Crippen molar-refractivity contribution in [3.8, 4) is 17.3 Å². The second-order valence-electron chi connectivity index (χ2n) is 6.36. The van der Waals surface area contributed by atoms with E-state index in [1.54, 1.807) is 22.9 Å². The summed E-state index contributed by atoms with van der Waals surface area (Å²) in [4.78, 5) is 24.9. The lowest BCUT2D eigenvalue weighted by atomic mass is 10.2. The predicted molar refractivity (Wildman–Crippen MR) is 102 cm³/mol. The van der Waals surface area contributed by atoms with Gasteiger partial charge in [-0.2, -0.15) is 4.98 Å². The zero-order chi connectivity index (χ0) is 21.1. The van der Waals surface area contributed by atoms with Gasteiger partial charge in [-0.3, -0.25) is 9.36 Å². The molecule has 1 amide bonds. The number of benzene rings is 1. The number of carbonyl (C=O) groups excluding carboxylic acids is 1. The fraction of sp³-hybridized carbons (Fsp3) is 0.150. The molecule has 0 fully saturated rings. The van der Waals surface area contributed by atoms with E-state index in [0.717, 1.165) is 12.1 Å². The van der Waals surface area contributed by atoms with Crippen LogP contribution in [0.3, 0.4) is 0 Å². The fourth-order valence-corrected chi connectivity index (χ4v) is 2.68. The van der Waals surface area contributed by atoms with E-state index in [-0.39, 0.29) is 17.8 Å². The predicted octanol–water partition coefficient (Wildman–Crippen LogP) is 3.09. The number of aromatic nitrogens is 5. The summed E-state index contributed by atoms with van der Waals surface area (Å²) in [6.45, 7) is 1.84. The number of carbonyl (C=O) groups is 1. The van der Waals surface area contributed by atoms with Gasteiger partial charge in [0.15, 0.2) is 5.82 Å². The van der Waals surface area contributed by atoms with Gasteiger partial charge < -0.3 is 9.84 Å². The van der Waals surface area contributed by atoms with Gasteiger partial charge in [0.1, 0.15) is 29.5 Å². The SMILES string of the molecule is CCc1noc(-c2ccc(-n3cnc(C(=O)NCc4ccc(F)cc4F)c3)nc2)n1. The highest BCUT2D eigenvalue weighted by Crippen LogP contribution is 2.18. The molecule has 4 aromatic rings. The average Bonchev–Trinajstić information content (AvgIpc) is 3.43. The molecular weight excluding hydrogens is 394 g/mol. The molecule has 0 aliphatic heterocycles. The molecule has 8 nitrogen and oxygen atoms in total. The molecule has 0 saturated heterocycles. The van der Waals surface area contributed by atoms with Crippen LogP contribution >= 0.6 is 0 Å². The van der Waals surface area contributed by atoms with Crippen LogP contribution in [0.2, 0.25) is 0 Å². The molecule has 3 heterocycles. The van der Waals surface area contributed by atoms with E-state index in [1.807, 2.05) is 6.92 Å². The molecule has 1 aromatic carbocycles. The van der Waals surface area contributed by atoms with Gasteiger partial charge >= 0.3 is 0 Å². The van der Waals surface area contributed by atoms with Gasteiger partial charge in [0.25, 0.3) is 11.8 Å². The Kier molecular flexibility index (Phi) is 5.29. The molecule has 0 saturated carbocycles. The summed E-state index contributed by atoms with van der Waals surface area (Å²) in [5, 5.41) is 6.40. The number of pyridine rings is 1. The monoisotopic (exact) mass is 410 g/mol. The van der Waals surface area contributed by atoms with Crippen molar-refractivity contribution >= 4 is 5.91 Å². The van der Waals surface area contributed by atoms with Gasteiger partial charge in [0.2, 0.25) is 0 Å². The molecule has 0 aliphatic carbocycles. The van der Waals surface area contributed by atoms with Gasteiger partial charge in [-0.1, -0.05) is 18.1 Å². The van der Waals surface area contributed by atoms with Crippen molar-refractivity contribution < 1.29 is 18.1 Å². The van der Waals surface area contributed by atoms with Crippen LogP contribution in [0.1, 0.15) is 28.8 Å². The number of nitrogens with one attached hydrogen (secondary N) is 1. The third-order valence-electron chi connectivity index (χ3n) is 4.31. The van der Waals surface area contributed by atoms with Gasteiger partial charge in [-0.15, -0.1) is 0 Å². The summed E-state index contributed by atoms with van der Waals surface area (Å²) < 4.78 is 33.4. The maximum Gasteiger partial charge on any atom is 0.271 e. The topological polar surface area (TPSA) is 98.7 Å². The molecule has 0 unspecified atom stereocenters. The van der Waals surface area contributed by atoms with Crippen molar-refractivity contribution in [2.75, 3.05) is 0 Å². The van der Waals surface area contributed by atoms with Crippen LogP contribution in [0.5, 0.6) is 0 Å². The van der Waals surface area contributed by atoms with Crippen molar-refractivity contribution in [2.24, 2.45) is 0 Å². The van der Waals surface area contributed by atoms with E-state index in [2.05, 4.69) is 25.4 Å². The van der Waals surface area contributed by atoms with E-state index >= 15 is 0 Å². The number of hydrogen-bond donors (Lipinski definition) is 1. The Hall–Kier alpha value is -3.95. The van der Waals surface area contributed by atoms with Crippen LogP contribution in [-0.2, 0) is 13.0 Å². The van der Waals surface area contributed by atoms with E-state index in [0.29, 0.717) is 29.5 Å². The van der Waals surface area contributed by atoms with Crippen molar-refractivity contribution in [3.05, 3.63) is 77.8 Å². The van der Waals surface area contributed by atoms with E-state index in [1.165, 1.54) is 18.6 Å². The first-order valence-electron chi connectivity index (χ1n) is 9.09. The Balaban J connectivity index is 1.43. The normalized spacial score (nSPS) is 10.9. The molecule has 1 N–H and O–H groups in total. The summed E-state index contributed by atoms with van der Waals surface area (Å²) in [7, 11) is 0. The minimum Gasteiger partial charge on any atom is -0.346 e. The fourth-order valence-electron chi connectivity index (χ4n) is 2.68. The van der Waals surface area contributed by atoms with E-state index < -0.39 is 17.5 Å². The second kappa shape index (κ2) is 8.19. The molecular formula is C20H16F2N6O2. The minimum atomic E-state index is -0.725. The first kappa shape index (κ1) is 19.4. The Morgan fingerprint density at radius 3 is 2.77 bits per heavy atom. The molecule has 0 bridgehead atoms. The van der Waals surface area contributed by atoms with Crippen LogP contribution < -0.4 is 5.32 Å². The molecule has 0 radical (unpaired) electrons. The maximum absolute atomic E-state index is 13.7. The summed E-state index contributed by atoms with van der Waals surface area (Å²) in [5.74, 6) is -0.371. The highest BCUT2D eigenvalue weighted by atomic mass is 19.1. The second-order valence-corrected chi connectivity index (χ2v) is 6.36. The molecule has 3 aromatic heterocycles. The largest absolute Gasteiger partial charge is 0.346 e. The van der Waals surface area contributed by atoms with E-state index in [9.17, 15) is 13.6 Å². The van der Waals surface area contributed by atoms with Crippen LogP contribution in [0.25, 0.3) is 17.3 Å². The summed E-state index contributed by atoms with van der Waals surface area (Å²) in [5.41, 5.74) is 0.979. The lowest BCUT2D eigenvalue weighted by molar-refractivity contribution is 0.0946. The number of halogens is 2. The molecule has 30 heavy (non-hydrogen) atoms. The number of nitrogens with zero attached hydrogens (tertiary/aromatic N) is 5. The molecule has 10 heteroatoms. The number of rotatable bonds is 6. The lowest BCUT2D eigenvalue weighted by Gasteiger charge is -2.05. The maximum atomic E-state index is 13.7. The van der Waals surface area contributed by atoms with Gasteiger partial charge in [-0.25, -0.2) is 18.7 Å². The number of imidazole rings is 1. The summed E-state index contributed by atoms with van der Waals surface area (Å²) in [6.07, 6.45) is 5.19. The van der Waals surface area contributed by atoms with Gasteiger partial charge in [0.05, 0.1) is 5.56 Å². The van der Waals surface area contributed by atoms with Crippen molar-refractivity contribution in [3.63, 3.8) is 0 Å². The Morgan fingerprint density at radius 1 is 1.20 bits per heavy atom. The van der Waals surface area contributed by atoms with Crippen molar-refractivity contribution in [1.82, 2.24) is 30.0 Å². The highest BCUT2D eigenvalue weighted by molar-refractivity contribution is 5.92. The highest BCUT2D eigenvalue weighted by Gasteiger charge is 2.13. The van der Waals surface area contributed by atoms with E-state index in [4.69, 9.17) is 4.52 Å². The first-order valence-corrected chi connectivity index (χ1v) is 9.09. The zero-order valence-electron chi connectivity index (χ0n) is 15.8. The average molecular weight is 410 g/mol. The van der Waals surface area contributed by atoms with Crippen LogP contribution in [-0.4, -0.2) is 30.6 Å². The smallest absolute Gasteiger partial charge is 0.271 e. The Bertz CT molecular complexity index is 1190. The molecule has 0 aliphatic rings. The van der Waals surface area contributed by atoms with Gasteiger partial charge in [0, 0.05) is 37.0 Å². The van der Waals surface area contributed by atoms with Crippen molar-refractivity contribution in [2.45, 2.75) is 19.9 Å². The van der Waals surface area contributed by atoms with Gasteiger partial charge in [-0.05, 0) is 18.2 Å². The molecule has 152 valence electrons. The summed E-state index contributed by atoms with van der Waals surface area (Å²) >= 11 is 0.